The van der Waals surface area contributed by atoms with Gasteiger partial charge < -0.3 is 0 Å². The minimum Gasteiger partial charge on any atom is -0.284 e. The van der Waals surface area contributed by atoms with Gasteiger partial charge in [-0.25, -0.2) is 0 Å². The Morgan fingerprint density at radius 1 is 1.21 bits per heavy atom. The van der Waals surface area contributed by atoms with E-state index in [0.717, 1.165) is 0 Å². The van der Waals surface area contributed by atoms with Crippen molar-refractivity contribution in [3.05, 3.63) is 64.5 Å². The molecule has 0 aliphatic rings. The van der Waals surface area contributed by atoms with E-state index in [1.807, 2.05) is 6.07 Å². The molecule has 0 aliphatic heterocycles. The predicted octanol–water partition coefficient (Wildman–Crippen LogP) is 2.15. The zero-order chi connectivity index (χ0) is 11.7. The van der Waals surface area contributed by atoms with Crippen molar-refractivity contribution in [2.75, 3.05) is 0 Å². The van der Waals surface area contributed by atoms with Gasteiger partial charge in [-0.15, -0.1) is 0 Å². The van der Waals surface area contributed by atoms with Gasteiger partial charge in [0.15, 0.2) is 0 Å². The number of hydrogen-bond acceptors (Lipinski definition) is 1. The Kier molecular flexibility index (Phi) is 1.65. The van der Waals surface area contributed by atoms with Gasteiger partial charge in [-0.3, -0.25) is 9.36 Å². The molecule has 0 fully saturated rings. The highest BCUT2D eigenvalue weighted by atomic mass is 16.1. The first kappa shape index (κ1) is 6.60. The summed E-state index contributed by atoms with van der Waals surface area (Å²) in [6.07, 6.45) is 0.132. The maximum absolute atomic E-state index is 11.8. The topological polar surface area (TPSA) is 22.0 Å². The lowest BCUT2D eigenvalue weighted by molar-refractivity contribution is 0.976. The number of benzene rings is 1. The molecule has 0 saturated carbocycles. The summed E-state index contributed by atoms with van der Waals surface area (Å²) in [6, 6.07) is 10.3. The molecule has 0 N–H and O–H groups in total. The highest BCUT2D eigenvalue weighted by molar-refractivity contribution is 5.32. The summed E-state index contributed by atoms with van der Waals surface area (Å²) in [5.74, 6) is 0. The summed E-state index contributed by atoms with van der Waals surface area (Å²) in [5, 5.41) is 0. The van der Waals surface area contributed by atoms with Gasteiger partial charge in [-0.05, 0) is 24.6 Å². The minimum atomic E-state index is -0.457. The Balaban J connectivity index is 2.80. The van der Waals surface area contributed by atoms with E-state index in [9.17, 15) is 4.79 Å². The third-order valence-electron chi connectivity index (χ3n) is 1.92. The monoisotopic (exact) mass is 187 g/mol. The van der Waals surface area contributed by atoms with E-state index in [-0.39, 0.29) is 12.2 Å². The van der Waals surface area contributed by atoms with Crippen LogP contribution in [0.15, 0.2) is 53.4 Å². The van der Waals surface area contributed by atoms with Crippen LogP contribution in [0.3, 0.4) is 0 Å². The predicted molar refractivity (Wildman–Crippen MR) is 56.8 cm³/mol. The summed E-state index contributed by atoms with van der Waals surface area (Å²) in [5.41, 5.74) is 0.782. The molecule has 1 aromatic carbocycles. The first-order chi connectivity index (χ1) is 7.61. The molecular weight excluding hydrogens is 174 g/mol. The quantitative estimate of drug-likeness (QED) is 0.670. The standard InChI is InChI=1S/C12H11NO/c1-10-7-8-12(14)13(9-10)11-5-3-2-4-6-11/h2-9H,1H3/i8D,9D. The Labute approximate surface area is 85.3 Å². The molecule has 2 nitrogen and oxygen atoms in total. The first-order valence-corrected chi connectivity index (χ1v) is 4.36. The molecule has 14 heavy (non-hydrogen) atoms. The highest BCUT2D eigenvalue weighted by Gasteiger charge is 1.97. The number of para-hydroxylation sites is 1. The Morgan fingerprint density at radius 2 is 1.93 bits per heavy atom. The minimum absolute atomic E-state index is 0.0858. The van der Waals surface area contributed by atoms with Gasteiger partial charge in [-0.2, -0.15) is 0 Å². The van der Waals surface area contributed by atoms with Crippen LogP contribution in [0.2, 0.25) is 0 Å². The zero-order valence-electron chi connectivity index (χ0n) is 9.82. The van der Waals surface area contributed by atoms with E-state index >= 15 is 0 Å². The maximum Gasteiger partial charge on any atom is 0.255 e. The Morgan fingerprint density at radius 3 is 2.64 bits per heavy atom. The Bertz CT molecular complexity index is 576. The van der Waals surface area contributed by atoms with Crippen molar-refractivity contribution in [2.24, 2.45) is 0 Å². The maximum atomic E-state index is 11.8. The molecule has 0 aliphatic carbocycles. The number of rotatable bonds is 1. The van der Waals surface area contributed by atoms with Crippen LogP contribution in [0, 0.1) is 6.92 Å². The van der Waals surface area contributed by atoms with Gasteiger partial charge in [0.1, 0.15) is 0 Å². The van der Waals surface area contributed by atoms with E-state index in [1.54, 1.807) is 31.2 Å². The molecule has 0 saturated heterocycles. The van der Waals surface area contributed by atoms with Crippen LogP contribution < -0.4 is 5.56 Å². The van der Waals surface area contributed by atoms with Crippen molar-refractivity contribution < 1.29 is 2.74 Å². The number of hydrogen-bond donors (Lipinski definition) is 0. The number of pyridine rings is 1. The van der Waals surface area contributed by atoms with Gasteiger partial charge in [-0.1, -0.05) is 24.3 Å². The lowest BCUT2D eigenvalue weighted by Crippen LogP contribution is -2.16. The van der Waals surface area contributed by atoms with Crippen LogP contribution in [0.4, 0.5) is 0 Å². The van der Waals surface area contributed by atoms with Gasteiger partial charge >= 0.3 is 0 Å². The first-order valence-electron chi connectivity index (χ1n) is 5.36. The smallest absolute Gasteiger partial charge is 0.255 e. The van der Waals surface area contributed by atoms with Gasteiger partial charge in [0.05, 0.1) is 2.74 Å². The largest absolute Gasteiger partial charge is 0.284 e. The molecule has 2 aromatic rings. The second kappa shape index (κ2) is 3.50. The Hall–Kier alpha value is -1.83. The average Bonchev–Trinajstić information content (AvgIpc) is 2.28. The number of aryl methyl sites for hydroxylation is 1. The molecule has 1 aromatic heterocycles. The average molecular weight is 187 g/mol. The molecule has 0 radical (unpaired) electrons. The van der Waals surface area contributed by atoms with Crippen molar-refractivity contribution in [1.82, 2.24) is 4.57 Å². The molecule has 0 atom stereocenters. The molecule has 0 bridgehead atoms. The van der Waals surface area contributed by atoms with Crippen molar-refractivity contribution in [1.29, 1.82) is 0 Å². The second-order valence-electron chi connectivity index (χ2n) is 3.06. The zero-order valence-corrected chi connectivity index (χ0v) is 7.82. The lowest BCUT2D eigenvalue weighted by Gasteiger charge is -2.05. The van der Waals surface area contributed by atoms with Crippen LogP contribution in [0.1, 0.15) is 8.30 Å². The normalized spacial score (nSPS) is 12.1. The van der Waals surface area contributed by atoms with Crippen LogP contribution in [0.5, 0.6) is 0 Å². The summed E-state index contributed by atoms with van der Waals surface area (Å²) in [6.45, 7) is 1.72. The van der Waals surface area contributed by atoms with Crippen molar-refractivity contribution in [3.8, 4) is 5.69 Å². The third kappa shape index (κ3) is 1.59. The molecule has 1 heterocycles. The fourth-order valence-corrected chi connectivity index (χ4v) is 1.25. The van der Waals surface area contributed by atoms with E-state index in [0.29, 0.717) is 11.3 Å². The van der Waals surface area contributed by atoms with Gasteiger partial charge in [0.25, 0.3) is 5.56 Å². The number of nitrogens with zero attached hydrogens (tertiary/aromatic N) is 1. The van der Waals surface area contributed by atoms with Crippen LogP contribution in [-0.2, 0) is 0 Å². The summed E-state index contributed by atoms with van der Waals surface area (Å²) in [7, 11) is 0. The fraction of sp³-hybridized carbons (Fsp3) is 0.0833. The molecule has 0 unspecified atom stereocenters. The lowest BCUT2D eigenvalue weighted by atomic mass is 10.3. The van der Waals surface area contributed by atoms with E-state index < -0.39 is 5.56 Å². The molecule has 2 rings (SSSR count). The molecule has 2 heteroatoms. The van der Waals surface area contributed by atoms with Crippen LogP contribution in [-0.4, -0.2) is 4.57 Å². The van der Waals surface area contributed by atoms with Crippen LogP contribution in [0.25, 0.3) is 5.69 Å². The van der Waals surface area contributed by atoms with Crippen molar-refractivity contribution in [2.45, 2.75) is 6.92 Å². The van der Waals surface area contributed by atoms with Gasteiger partial charge in [0.2, 0.25) is 0 Å². The third-order valence-corrected chi connectivity index (χ3v) is 1.92. The highest BCUT2D eigenvalue weighted by Crippen LogP contribution is 2.04. The van der Waals surface area contributed by atoms with E-state index in [1.165, 1.54) is 10.6 Å². The summed E-state index contributed by atoms with van der Waals surface area (Å²) < 4.78 is 16.6. The fourth-order valence-electron chi connectivity index (χ4n) is 1.25. The molecule has 0 amide bonds. The van der Waals surface area contributed by atoms with E-state index in [2.05, 4.69) is 0 Å². The SMILES string of the molecule is [2H]c1cc(C)c([2H])n(-c2ccccc2)c1=O. The van der Waals surface area contributed by atoms with Crippen molar-refractivity contribution in [3.63, 3.8) is 0 Å². The van der Waals surface area contributed by atoms with E-state index in [4.69, 9.17) is 2.74 Å². The molecular formula is C12H11NO. The van der Waals surface area contributed by atoms with Crippen LogP contribution >= 0.6 is 0 Å². The molecule has 0 spiro atoms. The summed E-state index contributed by atoms with van der Waals surface area (Å²) >= 11 is 0. The van der Waals surface area contributed by atoms with Crippen molar-refractivity contribution >= 4 is 0 Å². The summed E-state index contributed by atoms with van der Waals surface area (Å²) in [4.78, 5) is 11.8. The second-order valence-corrected chi connectivity index (χ2v) is 3.06. The molecule has 70 valence electrons. The van der Waals surface area contributed by atoms with Gasteiger partial charge in [0, 0.05) is 17.9 Å². The number of aromatic nitrogens is 1.